The SMILES string of the molecule is O=c1cc2n(c(=O)[nH]1)C[C@H]1CN2CCO1. The first kappa shape index (κ1) is 8.72. The van der Waals surface area contributed by atoms with Crippen molar-refractivity contribution in [1.82, 2.24) is 9.55 Å². The van der Waals surface area contributed by atoms with Crippen molar-refractivity contribution in [2.45, 2.75) is 12.6 Å². The summed E-state index contributed by atoms with van der Waals surface area (Å²) in [5.74, 6) is 0.711. The number of hydrogen-bond acceptors (Lipinski definition) is 4. The zero-order chi connectivity index (χ0) is 10.4. The van der Waals surface area contributed by atoms with E-state index in [1.54, 1.807) is 4.57 Å². The van der Waals surface area contributed by atoms with Gasteiger partial charge < -0.3 is 9.64 Å². The zero-order valence-corrected chi connectivity index (χ0v) is 8.10. The van der Waals surface area contributed by atoms with Gasteiger partial charge in [-0.1, -0.05) is 0 Å². The Morgan fingerprint density at radius 2 is 2.27 bits per heavy atom. The van der Waals surface area contributed by atoms with Gasteiger partial charge in [-0.15, -0.1) is 0 Å². The Labute approximate surface area is 85.1 Å². The number of aromatic nitrogens is 2. The summed E-state index contributed by atoms with van der Waals surface area (Å²) in [7, 11) is 0. The maximum atomic E-state index is 11.5. The molecule has 1 fully saturated rings. The molecule has 0 spiro atoms. The number of fused-ring (bicyclic) bond motifs is 4. The van der Waals surface area contributed by atoms with Gasteiger partial charge in [-0.2, -0.15) is 0 Å². The van der Waals surface area contributed by atoms with Gasteiger partial charge in [0, 0.05) is 19.2 Å². The number of nitrogens with one attached hydrogen (secondary N) is 1. The Morgan fingerprint density at radius 3 is 3.13 bits per heavy atom. The third kappa shape index (κ3) is 1.29. The largest absolute Gasteiger partial charge is 0.373 e. The molecule has 0 radical (unpaired) electrons. The molecule has 15 heavy (non-hydrogen) atoms. The minimum absolute atomic E-state index is 0.0647. The number of aromatic amines is 1. The Balaban J connectivity index is 2.21. The lowest BCUT2D eigenvalue weighted by atomic mass is 10.2. The van der Waals surface area contributed by atoms with E-state index < -0.39 is 0 Å². The van der Waals surface area contributed by atoms with Crippen LogP contribution in [0.2, 0.25) is 0 Å². The van der Waals surface area contributed by atoms with E-state index in [1.807, 2.05) is 4.90 Å². The Hall–Kier alpha value is -1.56. The highest BCUT2D eigenvalue weighted by Gasteiger charge is 2.29. The van der Waals surface area contributed by atoms with Crippen molar-refractivity contribution in [3.8, 4) is 0 Å². The summed E-state index contributed by atoms with van der Waals surface area (Å²) >= 11 is 0. The molecule has 1 atom stereocenters. The van der Waals surface area contributed by atoms with Crippen LogP contribution in [0, 0.1) is 0 Å². The summed E-state index contributed by atoms with van der Waals surface area (Å²) in [5.41, 5.74) is -0.686. The van der Waals surface area contributed by atoms with Gasteiger partial charge >= 0.3 is 5.69 Å². The number of morpholine rings is 1. The van der Waals surface area contributed by atoms with Crippen molar-refractivity contribution >= 4 is 5.82 Å². The van der Waals surface area contributed by atoms with E-state index in [9.17, 15) is 9.59 Å². The molecule has 3 rings (SSSR count). The summed E-state index contributed by atoms with van der Waals surface area (Å²) < 4.78 is 7.06. The molecule has 6 nitrogen and oxygen atoms in total. The lowest BCUT2D eigenvalue weighted by Crippen LogP contribution is -2.52. The minimum atomic E-state index is -0.349. The second-order valence-corrected chi connectivity index (χ2v) is 3.85. The predicted molar refractivity (Wildman–Crippen MR) is 53.3 cm³/mol. The molecule has 6 heteroatoms. The van der Waals surface area contributed by atoms with E-state index in [0.717, 1.165) is 13.1 Å². The third-order valence-corrected chi connectivity index (χ3v) is 2.86. The van der Waals surface area contributed by atoms with Gasteiger partial charge in [0.1, 0.15) is 5.82 Å². The standard InChI is InChI=1S/C9H11N3O3/c13-7-3-8-11-1-2-15-6(4-11)5-12(8)9(14)10-7/h3,6H,1-2,4-5H2,(H,10,13,14)/t6-/m1/s1. The molecule has 1 aromatic rings. The molecule has 0 unspecified atom stereocenters. The summed E-state index contributed by atoms with van der Waals surface area (Å²) in [6.45, 7) is 2.69. The molecule has 80 valence electrons. The molecule has 1 N–H and O–H groups in total. The highest BCUT2D eigenvalue weighted by atomic mass is 16.5. The fourth-order valence-electron chi connectivity index (χ4n) is 2.19. The lowest BCUT2D eigenvalue weighted by Gasteiger charge is -2.40. The number of H-pyrrole nitrogens is 1. The number of rotatable bonds is 0. The van der Waals surface area contributed by atoms with E-state index >= 15 is 0 Å². The van der Waals surface area contributed by atoms with Crippen LogP contribution in [0.4, 0.5) is 5.82 Å². The average molecular weight is 209 g/mol. The lowest BCUT2D eigenvalue weighted by molar-refractivity contribution is 0.0197. The normalized spacial score (nSPS) is 23.7. The van der Waals surface area contributed by atoms with Crippen molar-refractivity contribution in [2.24, 2.45) is 0 Å². The molecule has 2 aliphatic rings. The topological polar surface area (TPSA) is 67.3 Å². The van der Waals surface area contributed by atoms with Gasteiger partial charge in [-0.25, -0.2) is 4.79 Å². The van der Waals surface area contributed by atoms with Gasteiger partial charge in [0.2, 0.25) is 0 Å². The fraction of sp³-hybridized carbons (Fsp3) is 0.556. The highest BCUT2D eigenvalue weighted by Crippen LogP contribution is 2.21. The molecule has 3 heterocycles. The van der Waals surface area contributed by atoms with Crippen LogP contribution in [0.3, 0.4) is 0 Å². The Kier molecular flexibility index (Phi) is 1.72. The van der Waals surface area contributed by atoms with E-state index in [1.165, 1.54) is 6.07 Å². The second kappa shape index (κ2) is 2.96. The van der Waals surface area contributed by atoms with Crippen LogP contribution in [-0.2, 0) is 11.3 Å². The fourth-order valence-corrected chi connectivity index (χ4v) is 2.19. The van der Waals surface area contributed by atoms with Crippen LogP contribution in [-0.4, -0.2) is 35.4 Å². The smallest absolute Gasteiger partial charge is 0.329 e. The summed E-state index contributed by atoms with van der Waals surface area (Å²) in [6.07, 6.45) is 0.0647. The predicted octanol–water partition coefficient (Wildman–Crippen LogP) is -1.24. The van der Waals surface area contributed by atoms with E-state index in [2.05, 4.69) is 4.98 Å². The first-order valence-electron chi connectivity index (χ1n) is 4.95. The number of nitrogens with zero attached hydrogens (tertiary/aromatic N) is 2. The second-order valence-electron chi connectivity index (χ2n) is 3.85. The van der Waals surface area contributed by atoms with Crippen molar-refractivity contribution in [3.05, 3.63) is 26.9 Å². The van der Waals surface area contributed by atoms with Crippen LogP contribution in [0.15, 0.2) is 15.7 Å². The van der Waals surface area contributed by atoms with Gasteiger partial charge in [0.05, 0.1) is 19.3 Å². The molecule has 2 bridgehead atoms. The highest BCUT2D eigenvalue weighted by molar-refractivity contribution is 5.40. The summed E-state index contributed by atoms with van der Waals surface area (Å²) in [4.78, 5) is 27.0. The minimum Gasteiger partial charge on any atom is -0.373 e. The van der Waals surface area contributed by atoms with Gasteiger partial charge in [-0.3, -0.25) is 14.3 Å². The average Bonchev–Trinajstić information content (AvgIpc) is 2.21. The molecule has 2 aliphatic heterocycles. The maximum Gasteiger partial charge on any atom is 0.329 e. The van der Waals surface area contributed by atoms with Crippen molar-refractivity contribution in [2.75, 3.05) is 24.6 Å². The first-order valence-corrected chi connectivity index (χ1v) is 4.95. The molecular formula is C9H11N3O3. The molecule has 0 aromatic carbocycles. The molecule has 0 saturated carbocycles. The third-order valence-electron chi connectivity index (χ3n) is 2.86. The quantitative estimate of drug-likeness (QED) is 0.580. The molecule has 1 saturated heterocycles. The Morgan fingerprint density at radius 1 is 1.40 bits per heavy atom. The van der Waals surface area contributed by atoms with Crippen LogP contribution in [0.25, 0.3) is 0 Å². The summed E-state index contributed by atoms with van der Waals surface area (Å²) in [5, 5.41) is 0. The van der Waals surface area contributed by atoms with Crippen molar-refractivity contribution in [3.63, 3.8) is 0 Å². The van der Waals surface area contributed by atoms with E-state index in [-0.39, 0.29) is 17.4 Å². The summed E-state index contributed by atoms with van der Waals surface area (Å²) in [6, 6.07) is 1.48. The molecule has 0 aliphatic carbocycles. The monoisotopic (exact) mass is 209 g/mol. The van der Waals surface area contributed by atoms with Crippen LogP contribution in [0.5, 0.6) is 0 Å². The van der Waals surface area contributed by atoms with Gasteiger partial charge in [0.15, 0.2) is 0 Å². The Bertz CT molecular complexity index is 504. The van der Waals surface area contributed by atoms with Crippen LogP contribution in [0.1, 0.15) is 0 Å². The molecule has 1 aromatic heterocycles. The first-order chi connectivity index (χ1) is 7.24. The van der Waals surface area contributed by atoms with Gasteiger partial charge in [0.25, 0.3) is 5.56 Å². The van der Waals surface area contributed by atoms with E-state index in [4.69, 9.17) is 4.74 Å². The van der Waals surface area contributed by atoms with Crippen molar-refractivity contribution in [1.29, 1.82) is 0 Å². The molecular weight excluding hydrogens is 198 g/mol. The number of ether oxygens (including phenoxy) is 1. The van der Waals surface area contributed by atoms with Crippen molar-refractivity contribution < 1.29 is 4.74 Å². The number of hydrogen-bond donors (Lipinski definition) is 1. The molecule has 0 amide bonds. The van der Waals surface area contributed by atoms with Gasteiger partial charge in [-0.05, 0) is 0 Å². The van der Waals surface area contributed by atoms with Crippen LogP contribution < -0.4 is 16.1 Å². The van der Waals surface area contributed by atoms with Crippen LogP contribution >= 0.6 is 0 Å². The number of anilines is 1. The van der Waals surface area contributed by atoms with E-state index in [0.29, 0.717) is 19.0 Å². The zero-order valence-electron chi connectivity index (χ0n) is 8.10. The maximum absolute atomic E-state index is 11.5.